The van der Waals surface area contributed by atoms with Crippen molar-refractivity contribution in [2.24, 2.45) is 5.92 Å². The number of ether oxygens (including phenoxy) is 1. The molecule has 1 fully saturated rings. The van der Waals surface area contributed by atoms with Gasteiger partial charge in [0.05, 0.1) is 12.7 Å². The highest BCUT2D eigenvalue weighted by atomic mass is 16.5. The van der Waals surface area contributed by atoms with Gasteiger partial charge in [0.2, 0.25) is 0 Å². The van der Waals surface area contributed by atoms with Crippen LogP contribution in [0.5, 0.6) is 5.75 Å². The third-order valence-corrected chi connectivity index (χ3v) is 4.86. The van der Waals surface area contributed by atoms with E-state index in [0.29, 0.717) is 11.5 Å². The quantitative estimate of drug-likeness (QED) is 0.878. The third kappa shape index (κ3) is 4.37. The average molecular weight is 340 g/mol. The van der Waals surface area contributed by atoms with Crippen molar-refractivity contribution in [2.45, 2.75) is 31.7 Å². The molecule has 2 N–H and O–H groups in total. The summed E-state index contributed by atoms with van der Waals surface area (Å²) in [5, 5.41) is 12.3. The van der Waals surface area contributed by atoms with E-state index in [4.69, 9.17) is 4.74 Å². The summed E-state index contributed by atoms with van der Waals surface area (Å²) in [5.74, 6) is 1.09. The highest BCUT2D eigenvalue weighted by molar-refractivity contribution is 5.95. The standard InChI is InChI=1S/C20H24N2O3/c1-25-19-8-4-15(5-9-19)16-10-17(12-21-11-16)20(24)22-18-6-2-14(13-23)3-7-18/h4-5,8-12,14,18,23H,2-3,6-7,13H2,1H3,(H,22,24). The molecule has 1 aliphatic carbocycles. The predicted molar refractivity (Wildman–Crippen MR) is 96.5 cm³/mol. The molecule has 1 heterocycles. The zero-order valence-electron chi connectivity index (χ0n) is 14.4. The van der Waals surface area contributed by atoms with Crippen LogP contribution in [0.2, 0.25) is 0 Å². The first-order valence-electron chi connectivity index (χ1n) is 8.71. The highest BCUT2D eigenvalue weighted by Crippen LogP contribution is 2.25. The van der Waals surface area contributed by atoms with Crippen LogP contribution in [-0.4, -0.2) is 35.8 Å². The maximum Gasteiger partial charge on any atom is 0.253 e. The van der Waals surface area contributed by atoms with Gasteiger partial charge in [-0.15, -0.1) is 0 Å². The van der Waals surface area contributed by atoms with Crippen molar-refractivity contribution in [3.8, 4) is 16.9 Å². The summed E-state index contributed by atoms with van der Waals surface area (Å²) in [6.45, 7) is 0.245. The molecule has 0 spiro atoms. The van der Waals surface area contributed by atoms with E-state index in [1.165, 1.54) is 0 Å². The van der Waals surface area contributed by atoms with Crippen molar-refractivity contribution < 1.29 is 14.6 Å². The maximum absolute atomic E-state index is 12.5. The molecular weight excluding hydrogens is 316 g/mol. The summed E-state index contributed by atoms with van der Waals surface area (Å²) in [4.78, 5) is 16.7. The van der Waals surface area contributed by atoms with Gasteiger partial charge >= 0.3 is 0 Å². The highest BCUT2D eigenvalue weighted by Gasteiger charge is 2.22. The van der Waals surface area contributed by atoms with Gasteiger partial charge in [-0.1, -0.05) is 12.1 Å². The lowest BCUT2D eigenvalue weighted by Crippen LogP contribution is -2.38. The topological polar surface area (TPSA) is 71.5 Å². The molecule has 0 radical (unpaired) electrons. The number of nitrogens with zero attached hydrogens (tertiary/aromatic N) is 1. The molecule has 5 nitrogen and oxygen atoms in total. The van der Waals surface area contributed by atoms with Gasteiger partial charge in [0.25, 0.3) is 5.91 Å². The minimum absolute atomic E-state index is 0.0877. The van der Waals surface area contributed by atoms with Crippen LogP contribution in [0.1, 0.15) is 36.0 Å². The summed E-state index contributed by atoms with van der Waals surface area (Å²) in [6, 6.07) is 9.73. The molecule has 0 atom stereocenters. The Morgan fingerprint density at radius 3 is 2.52 bits per heavy atom. The van der Waals surface area contributed by atoms with E-state index in [1.807, 2.05) is 30.3 Å². The summed E-state index contributed by atoms with van der Waals surface area (Å²) in [7, 11) is 1.63. The molecule has 1 aromatic heterocycles. The van der Waals surface area contributed by atoms with Gasteiger partial charge < -0.3 is 15.2 Å². The van der Waals surface area contributed by atoms with Crippen molar-refractivity contribution in [3.05, 3.63) is 48.3 Å². The average Bonchev–Trinajstić information content (AvgIpc) is 2.68. The largest absolute Gasteiger partial charge is 0.497 e. The lowest BCUT2D eigenvalue weighted by molar-refractivity contribution is 0.0913. The molecule has 1 aliphatic rings. The number of amides is 1. The first-order valence-corrected chi connectivity index (χ1v) is 8.71. The van der Waals surface area contributed by atoms with Gasteiger partial charge in [-0.25, -0.2) is 0 Å². The SMILES string of the molecule is COc1ccc(-c2cncc(C(=O)NC3CCC(CO)CC3)c2)cc1. The minimum atomic E-state index is -0.0877. The smallest absolute Gasteiger partial charge is 0.253 e. The van der Waals surface area contributed by atoms with Crippen LogP contribution in [0.4, 0.5) is 0 Å². The Morgan fingerprint density at radius 1 is 1.16 bits per heavy atom. The van der Waals surface area contributed by atoms with Crippen LogP contribution in [0.3, 0.4) is 0 Å². The molecule has 1 amide bonds. The van der Waals surface area contributed by atoms with E-state index in [9.17, 15) is 9.90 Å². The Kier molecular flexibility index (Phi) is 5.66. The Balaban J connectivity index is 1.67. The number of carbonyl (C=O) groups excluding carboxylic acids is 1. The zero-order valence-corrected chi connectivity index (χ0v) is 14.4. The number of aromatic nitrogens is 1. The number of nitrogens with one attached hydrogen (secondary N) is 1. The molecule has 1 aromatic carbocycles. The first-order chi connectivity index (χ1) is 12.2. The van der Waals surface area contributed by atoms with Gasteiger partial charge in [0.15, 0.2) is 0 Å². The minimum Gasteiger partial charge on any atom is -0.497 e. The van der Waals surface area contributed by atoms with Crippen LogP contribution in [0.25, 0.3) is 11.1 Å². The molecule has 0 aliphatic heterocycles. The Bertz CT molecular complexity index is 707. The van der Waals surface area contributed by atoms with Crippen LogP contribution < -0.4 is 10.1 Å². The number of carbonyl (C=O) groups is 1. The fourth-order valence-corrected chi connectivity index (χ4v) is 3.26. The second-order valence-corrected chi connectivity index (χ2v) is 6.56. The molecule has 3 rings (SSSR count). The molecule has 0 unspecified atom stereocenters. The van der Waals surface area contributed by atoms with Crippen LogP contribution in [0, 0.1) is 5.92 Å². The molecule has 0 bridgehead atoms. The fraction of sp³-hybridized carbons (Fsp3) is 0.400. The summed E-state index contributed by atoms with van der Waals surface area (Å²) >= 11 is 0. The Labute approximate surface area is 148 Å². The fourth-order valence-electron chi connectivity index (χ4n) is 3.26. The maximum atomic E-state index is 12.5. The van der Waals surface area contributed by atoms with Gasteiger partial charge in [0, 0.05) is 30.6 Å². The lowest BCUT2D eigenvalue weighted by atomic mass is 9.86. The number of methoxy groups -OCH3 is 1. The van der Waals surface area contributed by atoms with Gasteiger partial charge in [-0.2, -0.15) is 0 Å². The summed E-state index contributed by atoms with van der Waals surface area (Å²) in [5.41, 5.74) is 2.46. The summed E-state index contributed by atoms with van der Waals surface area (Å²) in [6.07, 6.45) is 7.12. The molecule has 2 aromatic rings. The van der Waals surface area contributed by atoms with Gasteiger partial charge in [-0.05, 0) is 55.4 Å². The third-order valence-electron chi connectivity index (χ3n) is 4.86. The zero-order chi connectivity index (χ0) is 17.6. The number of aliphatic hydroxyl groups is 1. The van der Waals surface area contributed by atoms with E-state index >= 15 is 0 Å². The lowest BCUT2D eigenvalue weighted by Gasteiger charge is -2.27. The van der Waals surface area contributed by atoms with E-state index in [2.05, 4.69) is 10.3 Å². The van der Waals surface area contributed by atoms with Gasteiger partial charge in [0.1, 0.15) is 5.75 Å². The number of aliphatic hydroxyl groups excluding tert-OH is 1. The van der Waals surface area contributed by atoms with Crippen LogP contribution in [-0.2, 0) is 0 Å². The van der Waals surface area contributed by atoms with Crippen molar-refractivity contribution in [2.75, 3.05) is 13.7 Å². The van der Waals surface area contributed by atoms with E-state index in [1.54, 1.807) is 19.5 Å². The number of hydrogen-bond donors (Lipinski definition) is 2. The second-order valence-electron chi connectivity index (χ2n) is 6.56. The Morgan fingerprint density at radius 2 is 1.88 bits per heavy atom. The molecule has 5 heteroatoms. The van der Waals surface area contributed by atoms with Crippen LogP contribution >= 0.6 is 0 Å². The normalized spacial score (nSPS) is 20.1. The molecule has 25 heavy (non-hydrogen) atoms. The van der Waals surface area contributed by atoms with Crippen molar-refractivity contribution in [3.63, 3.8) is 0 Å². The number of hydrogen-bond acceptors (Lipinski definition) is 4. The van der Waals surface area contributed by atoms with Crippen molar-refractivity contribution in [1.29, 1.82) is 0 Å². The number of pyridine rings is 1. The monoisotopic (exact) mass is 340 g/mol. The number of rotatable bonds is 5. The second kappa shape index (κ2) is 8.12. The molecular formula is C20H24N2O3. The number of benzene rings is 1. The molecule has 1 saturated carbocycles. The molecule has 132 valence electrons. The van der Waals surface area contributed by atoms with Crippen LogP contribution in [0.15, 0.2) is 42.7 Å². The van der Waals surface area contributed by atoms with Crippen molar-refractivity contribution in [1.82, 2.24) is 10.3 Å². The van der Waals surface area contributed by atoms with Gasteiger partial charge in [-0.3, -0.25) is 9.78 Å². The van der Waals surface area contributed by atoms with E-state index in [0.717, 1.165) is 42.6 Å². The van der Waals surface area contributed by atoms with E-state index < -0.39 is 0 Å². The molecule has 0 saturated heterocycles. The first kappa shape index (κ1) is 17.4. The van der Waals surface area contributed by atoms with E-state index in [-0.39, 0.29) is 18.6 Å². The Hall–Kier alpha value is -2.40. The van der Waals surface area contributed by atoms with Crippen molar-refractivity contribution >= 4 is 5.91 Å². The summed E-state index contributed by atoms with van der Waals surface area (Å²) < 4.78 is 5.17. The predicted octanol–water partition coefficient (Wildman–Crippen LogP) is 3.04.